The number of hydrogen-bond acceptors (Lipinski definition) is 5. The third-order valence-electron chi connectivity index (χ3n) is 4.89. The zero-order chi connectivity index (χ0) is 19.9. The van der Waals surface area contributed by atoms with Gasteiger partial charge >= 0.3 is 0 Å². The summed E-state index contributed by atoms with van der Waals surface area (Å²) in [7, 11) is -4.00. The Labute approximate surface area is 162 Å². The van der Waals surface area contributed by atoms with Crippen LogP contribution in [0.4, 0.5) is 15.8 Å². The molecule has 146 valence electrons. The van der Waals surface area contributed by atoms with Crippen molar-refractivity contribution >= 4 is 27.1 Å². The first-order valence-corrected chi connectivity index (χ1v) is 10.4. The van der Waals surface area contributed by atoms with Crippen molar-refractivity contribution in [3.05, 3.63) is 65.0 Å². The van der Waals surface area contributed by atoms with Crippen LogP contribution < -0.4 is 4.90 Å². The van der Waals surface area contributed by atoms with Crippen molar-refractivity contribution in [1.82, 2.24) is 4.90 Å². The number of aryl methyl sites for hydroxylation is 1. The molecule has 4 rings (SSSR count). The maximum absolute atomic E-state index is 14.2. The van der Waals surface area contributed by atoms with E-state index in [1.165, 1.54) is 23.2 Å². The van der Waals surface area contributed by atoms with E-state index in [-0.39, 0.29) is 9.80 Å². The van der Waals surface area contributed by atoms with Gasteiger partial charge in [-0.3, -0.25) is 4.79 Å². The smallest absolute Gasteiger partial charge is 0.267 e. The highest BCUT2D eigenvalue weighted by molar-refractivity contribution is 7.96. The van der Waals surface area contributed by atoms with Crippen LogP contribution >= 0.6 is 0 Å². The zero-order valence-corrected chi connectivity index (χ0v) is 16.1. The maximum atomic E-state index is 14.2. The Morgan fingerprint density at radius 2 is 1.82 bits per heavy atom. The molecule has 2 aromatic rings. The lowest BCUT2D eigenvalue weighted by atomic mass is 10.2. The van der Waals surface area contributed by atoms with Crippen LogP contribution in [-0.4, -0.2) is 45.5 Å². The van der Waals surface area contributed by atoms with E-state index in [4.69, 9.17) is 4.74 Å². The monoisotopic (exact) mass is 402 g/mol. The number of benzene rings is 2. The van der Waals surface area contributed by atoms with E-state index in [9.17, 15) is 17.6 Å². The first kappa shape index (κ1) is 18.6. The van der Waals surface area contributed by atoms with Gasteiger partial charge in [-0.25, -0.2) is 12.8 Å². The number of fused-ring (bicyclic) bond motifs is 1. The molecule has 0 atom stereocenters. The van der Waals surface area contributed by atoms with Crippen molar-refractivity contribution in [3.8, 4) is 0 Å². The molecule has 2 aliphatic heterocycles. The Morgan fingerprint density at radius 3 is 2.54 bits per heavy atom. The third-order valence-corrected chi connectivity index (χ3v) is 6.68. The van der Waals surface area contributed by atoms with Crippen LogP contribution in [0.25, 0.3) is 0 Å². The SMILES string of the molecule is Cc1ccc(N2C=C(C(=O)N3CCOCC3)S(=O)(=O)c3ccccc32)cc1F. The summed E-state index contributed by atoms with van der Waals surface area (Å²) in [6.45, 7) is 3.03. The molecule has 1 fully saturated rings. The van der Waals surface area contributed by atoms with Crippen molar-refractivity contribution in [1.29, 1.82) is 0 Å². The number of rotatable bonds is 2. The lowest BCUT2D eigenvalue weighted by Crippen LogP contribution is -2.43. The van der Waals surface area contributed by atoms with E-state index in [0.29, 0.717) is 43.2 Å². The fraction of sp³-hybridized carbons (Fsp3) is 0.250. The van der Waals surface area contributed by atoms with E-state index in [1.54, 1.807) is 42.2 Å². The van der Waals surface area contributed by atoms with E-state index in [2.05, 4.69) is 0 Å². The van der Waals surface area contributed by atoms with E-state index < -0.39 is 21.6 Å². The van der Waals surface area contributed by atoms with Crippen LogP contribution in [-0.2, 0) is 19.4 Å². The van der Waals surface area contributed by atoms with Gasteiger partial charge in [-0.15, -0.1) is 0 Å². The van der Waals surface area contributed by atoms with E-state index >= 15 is 0 Å². The van der Waals surface area contributed by atoms with E-state index in [1.807, 2.05) is 0 Å². The minimum atomic E-state index is -4.00. The molecule has 8 heteroatoms. The Balaban J connectivity index is 1.86. The predicted octanol–water partition coefficient (Wildman–Crippen LogP) is 2.76. The van der Waals surface area contributed by atoms with Crippen LogP contribution in [0, 0.1) is 12.7 Å². The first-order chi connectivity index (χ1) is 13.4. The van der Waals surface area contributed by atoms with Crippen LogP contribution in [0.1, 0.15) is 5.56 Å². The summed E-state index contributed by atoms with van der Waals surface area (Å²) in [5.41, 5.74) is 1.30. The number of anilines is 2. The number of halogens is 1. The second-order valence-corrected chi connectivity index (χ2v) is 8.56. The summed E-state index contributed by atoms with van der Waals surface area (Å²) < 4.78 is 45.7. The number of morpholine rings is 1. The molecule has 2 aromatic carbocycles. The highest BCUT2D eigenvalue weighted by Gasteiger charge is 2.38. The molecular formula is C20H19FN2O4S. The van der Waals surface area contributed by atoms with Gasteiger partial charge in [0.25, 0.3) is 5.91 Å². The van der Waals surface area contributed by atoms with E-state index in [0.717, 1.165) is 0 Å². The largest absolute Gasteiger partial charge is 0.378 e. The molecule has 0 saturated carbocycles. The van der Waals surface area contributed by atoms with Crippen molar-refractivity contribution < 1.29 is 22.3 Å². The number of carbonyl (C=O) groups is 1. The second-order valence-electron chi connectivity index (χ2n) is 6.67. The highest BCUT2D eigenvalue weighted by Crippen LogP contribution is 2.40. The third kappa shape index (κ3) is 3.08. The fourth-order valence-corrected chi connectivity index (χ4v) is 4.84. The number of amides is 1. The van der Waals surface area contributed by atoms with Gasteiger partial charge in [-0.2, -0.15) is 0 Å². The van der Waals surface area contributed by atoms with Crippen molar-refractivity contribution in [2.24, 2.45) is 0 Å². The molecule has 2 aliphatic rings. The molecule has 1 saturated heterocycles. The van der Waals surface area contributed by atoms with Crippen molar-refractivity contribution in [2.75, 3.05) is 31.2 Å². The normalized spacial score (nSPS) is 18.4. The Hall–Kier alpha value is -2.71. The van der Waals surface area contributed by atoms with Gasteiger partial charge in [-0.05, 0) is 36.8 Å². The number of nitrogens with zero attached hydrogens (tertiary/aromatic N) is 2. The topological polar surface area (TPSA) is 66.9 Å². The molecule has 0 N–H and O–H groups in total. The average molecular weight is 402 g/mol. The highest BCUT2D eigenvalue weighted by atomic mass is 32.2. The van der Waals surface area contributed by atoms with Gasteiger partial charge in [-0.1, -0.05) is 18.2 Å². The lowest BCUT2D eigenvalue weighted by Gasteiger charge is -2.32. The molecule has 0 radical (unpaired) electrons. The van der Waals surface area contributed by atoms with Crippen LogP contribution in [0.5, 0.6) is 0 Å². The van der Waals surface area contributed by atoms with Gasteiger partial charge in [0.2, 0.25) is 9.84 Å². The van der Waals surface area contributed by atoms with Gasteiger partial charge in [0.05, 0.1) is 23.8 Å². The maximum Gasteiger partial charge on any atom is 0.267 e. The molecule has 2 heterocycles. The number of para-hydroxylation sites is 1. The number of ether oxygens (including phenoxy) is 1. The average Bonchev–Trinajstić information content (AvgIpc) is 2.71. The summed E-state index contributed by atoms with van der Waals surface area (Å²) in [6, 6.07) is 11.0. The summed E-state index contributed by atoms with van der Waals surface area (Å²) in [6.07, 6.45) is 1.29. The summed E-state index contributed by atoms with van der Waals surface area (Å²) >= 11 is 0. The van der Waals surface area contributed by atoms with Gasteiger partial charge < -0.3 is 14.5 Å². The first-order valence-electron chi connectivity index (χ1n) is 8.88. The molecule has 6 nitrogen and oxygen atoms in total. The molecule has 0 spiro atoms. The lowest BCUT2D eigenvalue weighted by molar-refractivity contribution is -0.130. The quantitative estimate of drug-likeness (QED) is 0.773. The van der Waals surface area contributed by atoms with Gasteiger partial charge in [0, 0.05) is 25.0 Å². The predicted molar refractivity (Wildman–Crippen MR) is 102 cm³/mol. The molecule has 0 aromatic heterocycles. The molecule has 0 unspecified atom stereocenters. The molecule has 28 heavy (non-hydrogen) atoms. The fourth-order valence-electron chi connectivity index (χ4n) is 3.30. The Bertz CT molecular complexity index is 1080. The summed E-state index contributed by atoms with van der Waals surface area (Å²) in [5.74, 6) is -0.978. The molecule has 0 aliphatic carbocycles. The molecule has 1 amide bonds. The molecular weight excluding hydrogens is 383 g/mol. The van der Waals surface area contributed by atoms with Gasteiger partial charge in [0.1, 0.15) is 5.82 Å². The number of carbonyl (C=O) groups excluding carboxylic acids is 1. The summed E-state index contributed by atoms with van der Waals surface area (Å²) in [5, 5.41) is 0. The van der Waals surface area contributed by atoms with Gasteiger partial charge in [0.15, 0.2) is 4.91 Å². The zero-order valence-electron chi connectivity index (χ0n) is 15.3. The van der Waals surface area contributed by atoms with Crippen molar-refractivity contribution in [2.45, 2.75) is 11.8 Å². The van der Waals surface area contributed by atoms with Crippen molar-refractivity contribution in [3.63, 3.8) is 0 Å². The Kier molecular flexibility index (Phi) is 4.68. The Morgan fingerprint density at radius 1 is 1.11 bits per heavy atom. The van der Waals surface area contributed by atoms with Crippen LogP contribution in [0.3, 0.4) is 0 Å². The number of sulfone groups is 1. The summed E-state index contributed by atoms with van der Waals surface area (Å²) in [4.78, 5) is 15.7. The number of hydrogen-bond donors (Lipinski definition) is 0. The standard InChI is InChI=1S/C20H19FN2O4S/c1-14-6-7-15(12-16(14)21)23-13-19(20(24)22-8-10-27-11-9-22)28(25,26)18-5-3-2-4-17(18)23/h2-7,12-13H,8-11H2,1H3. The minimum absolute atomic E-state index is 0.0232. The van der Waals surface area contributed by atoms with Crippen LogP contribution in [0.15, 0.2) is 58.5 Å². The second kappa shape index (κ2) is 7.03. The van der Waals surface area contributed by atoms with Crippen LogP contribution in [0.2, 0.25) is 0 Å². The minimum Gasteiger partial charge on any atom is -0.378 e. The molecule has 0 bridgehead atoms.